The number of aliphatic hydroxyl groups excluding tert-OH is 1. The number of halogens is 1. The van der Waals surface area contributed by atoms with Crippen LogP contribution in [0.25, 0.3) is 0 Å². The molecule has 1 aromatic rings. The second-order valence-corrected chi connectivity index (χ2v) is 6.54. The van der Waals surface area contributed by atoms with Gasteiger partial charge in [0.2, 0.25) is 0 Å². The third-order valence-electron chi connectivity index (χ3n) is 2.50. The molecule has 0 saturated heterocycles. The highest BCUT2D eigenvalue weighted by atomic mass is 35.5. The summed E-state index contributed by atoms with van der Waals surface area (Å²) in [6.07, 6.45) is -0.933. The van der Waals surface area contributed by atoms with E-state index >= 15 is 0 Å². The van der Waals surface area contributed by atoms with E-state index in [2.05, 4.69) is 4.72 Å². The summed E-state index contributed by atoms with van der Waals surface area (Å²) < 4.78 is 26.7. The summed E-state index contributed by atoms with van der Waals surface area (Å²) in [5, 5.41) is 10.6. The van der Waals surface area contributed by atoms with Crippen LogP contribution in [0.1, 0.15) is 18.6 Å². The molecule has 2 unspecified atom stereocenters. The molecule has 0 amide bonds. The Hall–Kier alpha value is -0.660. The van der Waals surface area contributed by atoms with Gasteiger partial charge in [0.25, 0.3) is 10.2 Å². The smallest absolute Gasteiger partial charge is 0.279 e. The van der Waals surface area contributed by atoms with Crippen LogP contribution in [0, 0.1) is 0 Å². The summed E-state index contributed by atoms with van der Waals surface area (Å²) in [6, 6.07) is 5.97. The van der Waals surface area contributed by atoms with Crippen molar-refractivity contribution in [2.75, 3.05) is 14.1 Å². The highest BCUT2D eigenvalue weighted by Crippen LogP contribution is 2.19. The lowest BCUT2D eigenvalue weighted by Crippen LogP contribution is -2.43. The van der Waals surface area contributed by atoms with Crippen molar-refractivity contribution in [1.29, 1.82) is 0 Å². The molecule has 0 fully saturated rings. The van der Waals surface area contributed by atoms with Crippen LogP contribution in [0.15, 0.2) is 24.3 Å². The number of benzene rings is 1. The molecule has 0 bridgehead atoms. The maximum absolute atomic E-state index is 11.6. The van der Waals surface area contributed by atoms with Crippen LogP contribution in [0.4, 0.5) is 0 Å². The summed E-state index contributed by atoms with van der Waals surface area (Å²) in [6.45, 7) is 1.60. The zero-order chi connectivity index (χ0) is 13.9. The van der Waals surface area contributed by atoms with E-state index in [1.807, 2.05) is 0 Å². The molecule has 0 aliphatic rings. The Bertz CT molecular complexity index is 488. The van der Waals surface area contributed by atoms with Gasteiger partial charge in [0.1, 0.15) is 0 Å². The van der Waals surface area contributed by atoms with Crippen molar-refractivity contribution in [3.63, 3.8) is 0 Å². The molecule has 18 heavy (non-hydrogen) atoms. The Labute approximate surface area is 113 Å². The zero-order valence-electron chi connectivity index (χ0n) is 10.5. The molecule has 0 aliphatic carbocycles. The van der Waals surface area contributed by atoms with Gasteiger partial charge in [-0.25, -0.2) is 0 Å². The molecular formula is C11H17ClN2O3S. The van der Waals surface area contributed by atoms with Crippen molar-refractivity contribution in [3.8, 4) is 0 Å². The first-order valence-electron chi connectivity index (χ1n) is 5.37. The van der Waals surface area contributed by atoms with E-state index in [0.717, 1.165) is 4.31 Å². The van der Waals surface area contributed by atoms with E-state index in [0.29, 0.717) is 10.6 Å². The maximum atomic E-state index is 11.6. The van der Waals surface area contributed by atoms with Gasteiger partial charge in [-0.3, -0.25) is 0 Å². The van der Waals surface area contributed by atoms with Gasteiger partial charge in [-0.05, 0) is 24.6 Å². The average molecular weight is 293 g/mol. The minimum absolute atomic E-state index is 0.562. The number of hydrogen-bond donors (Lipinski definition) is 2. The highest BCUT2D eigenvalue weighted by molar-refractivity contribution is 7.87. The lowest BCUT2D eigenvalue weighted by molar-refractivity contribution is 0.145. The molecule has 0 heterocycles. The zero-order valence-corrected chi connectivity index (χ0v) is 12.0. The fourth-order valence-electron chi connectivity index (χ4n) is 1.35. The van der Waals surface area contributed by atoms with Crippen LogP contribution in [0.3, 0.4) is 0 Å². The molecular weight excluding hydrogens is 276 g/mol. The van der Waals surface area contributed by atoms with Crippen molar-refractivity contribution in [3.05, 3.63) is 34.9 Å². The van der Waals surface area contributed by atoms with Gasteiger partial charge in [-0.1, -0.05) is 23.7 Å². The van der Waals surface area contributed by atoms with E-state index in [1.54, 1.807) is 31.2 Å². The monoisotopic (exact) mass is 292 g/mol. The third-order valence-corrected chi connectivity index (χ3v) is 4.38. The molecule has 102 valence electrons. The van der Waals surface area contributed by atoms with E-state index < -0.39 is 22.4 Å². The normalized spacial score (nSPS) is 15.7. The first-order valence-corrected chi connectivity index (χ1v) is 7.19. The topological polar surface area (TPSA) is 69.6 Å². The summed E-state index contributed by atoms with van der Waals surface area (Å²) in [4.78, 5) is 0. The number of rotatable bonds is 5. The van der Waals surface area contributed by atoms with Gasteiger partial charge in [-0.15, -0.1) is 0 Å². The van der Waals surface area contributed by atoms with Crippen molar-refractivity contribution in [2.24, 2.45) is 0 Å². The van der Waals surface area contributed by atoms with E-state index in [4.69, 9.17) is 11.6 Å². The lowest BCUT2D eigenvalue weighted by atomic mass is 10.0. The predicted molar refractivity (Wildman–Crippen MR) is 71.6 cm³/mol. The Kier molecular flexibility index (Phi) is 5.12. The Morgan fingerprint density at radius 3 is 2.22 bits per heavy atom. The first-order chi connectivity index (χ1) is 8.24. The van der Waals surface area contributed by atoms with Crippen molar-refractivity contribution < 1.29 is 13.5 Å². The number of hydrogen-bond acceptors (Lipinski definition) is 3. The molecule has 0 radical (unpaired) electrons. The van der Waals surface area contributed by atoms with Crippen LogP contribution in [-0.4, -0.2) is 38.0 Å². The first kappa shape index (κ1) is 15.4. The molecule has 1 aromatic carbocycles. The van der Waals surface area contributed by atoms with Gasteiger partial charge in [0.15, 0.2) is 0 Å². The van der Waals surface area contributed by atoms with E-state index in [-0.39, 0.29) is 0 Å². The Balaban J connectivity index is 2.79. The summed E-state index contributed by atoms with van der Waals surface area (Å²) in [7, 11) is -0.721. The molecule has 0 aliphatic heterocycles. The lowest BCUT2D eigenvalue weighted by Gasteiger charge is -2.22. The number of nitrogens with zero attached hydrogens (tertiary/aromatic N) is 1. The Morgan fingerprint density at radius 1 is 1.28 bits per heavy atom. The SMILES string of the molecule is CC(NS(=O)(=O)N(C)C)C(O)c1ccc(Cl)cc1. The number of nitrogens with one attached hydrogen (secondary N) is 1. The summed E-state index contributed by atoms with van der Waals surface area (Å²) in [5.74, 6) is 0. The molecule has 2 atom stereocenters. The second kappa shape index (κ2) is 5.99. The molecule has 1 rings (SSSR count). The largest absolute Gasteiger partial charge is 0.387 e. The van der Waals surface area contributed by atoms with Crippen LogP contribution in [0.5, 0.6) is 0 Å². The van der Waals surface area contributed by atoms with Gasteiger partial charge >= 0.3 is 0 Å². The van der Waals surface area contributed by atoms with E-state index in [1.165, 1.54) is 14.1 Å². The van der Waals surface area contributed by atoms with Gasteiger partial charge in [-0.2, -0.15) is 17.4 Å². The Morgan fingerprint density at radius 2 is 1.78 bits per heavy atom. The molecule has 0 aromatic heterocycles. The summed E-state index contributed by atoms with van der Waals surface area (Å²) >= 11 is 5.74. The van der Waals surface area contributed by atoms with Gasteiger partial charge in [0, 0.05) is 19.1 Å². The number of aliphatic hydroxyl groups is 1. The highest BCUT2D eigenvalue weighted by Gasteiger charge is 2.23. The molecule has 2 N–H and O–H groups in total. The van der Waals surface area contributed by atoms with Crippen molar-refractivity contribution >= 4 is 21.8 Å². The molecule has 5 nitrogen and oxygen atoms in total. The quantitative estimate of drug-likeness (QED) is 0.855. The predicted octanol–water partition coefficient (Wildman–Crippen LogP) is 1.16. The second-order valence-electron chi connectivity index (χ2n) is 4.19. The van der Waals surface area contributed by atoms with Crippen LogP contribution < -0.4 is 4.72 Å². The molecule has 0 spiro atoms. The van der Waals surface area contributed by atoms with Gasteiger partial charge < -0.3 is 5.11 Å². The standard InChI is InChI=1S/C11H17ClN2O3S/c1-8(13-18(16,17)14(2)3)11(15)9-4-6-10(12)7-5-9/h4-8,11,13,15H,1-3H3. The average Bonchev–Trinajstić information content (AvgIpc) is 2.28. The van der Waals surface area contributed by atoms with Gasteiger partial charge in [0.05, 0.1) is 12.1 Å². The van der Waals surface area contributed by atoms with Crippen molar-refractivity contribution in [2.45, 2.75) is 19.1 Å². The summed E-state index contributed by atoms with van der Waals surface area (Å²) in [5.41, 5.74) is 0.605. The van der Waals surface area contributed by atoms with Crippen LogP contribution in [-0.2, 0) is 10.2 Å². The molecule has 0 saturated carbocycles. The van der Waals surface area contributed by atoms with E-state index in [9.17, 15) is 13.5 Å². The minimum atomic E-state index is -3.56. The minimum Gasteiger partial charge on any atom is -0.387 e. The fourth-order valence-corrected chi connectivity index (χ4v) is 2.29. The fraction of sp³-hybridized carbons (Fsp3) is 0.455. The maximum Gasteiger partial charge on any atom is 0.279 e. The molecule has 7 heteroatoms. The third kappa shape index (κ3) is 3.93. The van der Waals surface area contributed by atoms with Crippen molar-refractivity contribution in [1.82, 2.24) is 9.03 Å². The van der Waals surface area contributed by atoms with Crippen LogP contribution in [0.2, 0.25) is 5.02 Å². The van der Waals surface area contributed by atoms with Crippen LogP contribution >= 0.6 is 11.6 Å².